The number of amides is 1. The SMILES string of the molecule is CC(C)(C)OC(=O)N1CC2CN(c3ccc(Br)nc3)CC(C1)O2. The molecule has 7 heteroatoms. The molecule has 2 aliphatic rings. The van der Waals surface area contributed by atoms with Crippen LogP contribution in [0.3, 0.4) is 0 Å². The van der Waals surface area contributed by atoms with E-state index in [-0.39, 0.29) is 18.3 Å². The molecule has 2 atom stereocenters. The van der Waals surface area contributed by atoms with Crippen LogP contribution in [0.15, 0.2) is 22.9 Å². The van der Waals surface area contributed by atoms with Crippen molar-refractivity contribution in [3.8, 4) is 0 Å². The number of pyridine rings is 1. The van der Waals surface area contributed by atoms with Crippen LogP contribution < -0.4 is 4.90 Å². The summed E-state index contributed by atoms with van der Waals surface area (Å²) in [5, 5.41) is 0. The Kier molecular flexibility index (Phi) is 4.51. The maximum Gasteiger partial charge on any atom is 0.410 e. The number of hydrogen-bond donors (Lipinski definition) is 0. The number of ether oxygens (including phenoxy) is 2. The molecule has 2 saturated heterocycles. The van der Waals surface area contributed by atoms with Gasteiger partial charge in [0.15, 0.2) is 0 Å². The van der Waals surface area contributed by atoms with Crippen LogP contribution in [0, 0.1) is 0 Å². The highest BCUT2D eigenvalue weighted by Crippen LogP contribution is 2.25. The Morgan fingerprint density at radius 3 is 2.43 bits per heavy atom. The third kappa shape index (κ3) is 4.14. The first kappa shape index (κ1) is 16.5. The van der Waals surface area contributed by atoms with Crippen molar-refractivity contribution in [1.29, 1.82) is 0 Å². The lowest BCUT2D eigenvalue weighted by Gasteiger charge is -2.46. The molecule has 3 rings (SSSR count). The maximum absolute atomic E-state index is 12.3. The molecule has 0 aromatic carbocycles. The third-order valence-electron chi connectivity index (χ3n) is 3.81. The van der Waals surface area contributed by atoms with E-state index in [0.717, 1.165) is 23.4 Å². The molecule has 2 aliphatic heterocycles. The highest BCUT2D eigenvalue weighted by atomic mass is 79.9. The van der Waals surface area contributed by atoms with Gasteiger partial charge in [0.25, 0.3) is 0 Å². The molecule has 1 amide bonds. The first-order valence-electron chi connectivity index (χ1n) is 7.80. The Hall–Kier alpha value is -1.34. The summed E-state index contributed by atoms with van der Waals surface area (Å²) in [4.78, 5) is 20.6. The van der Waals surface area contributed by atoms with Crippen LogP contribution >= 0.6 is 15.9 Å². The van der Waals surface area contributed by atoms with Crippen molar-refractivity contribution in [3.63, 3.8) is 0 Å². The standard InChI is InChI=1S/C16H22BrN3O3/c1-16(2,3)23-15(21)20-9-12-7-19(8-13(10-20)22-12)11-4-5-14(17)18-6-11/h4-6,12-13H,7-10H2,1-3H3. The zero-order chi connectivity index (χ0) is 16.6. The topological polar surface area (TPSA) is 54.9 Å². The lowest BCUT2D eigenvalue weighted by atomic mass is 10.1. The summed E-state index contributed by atoms with van der Waals surface area (Å²) in [6.45, 7) is 8.27. The fourth-order valence-corrected chi connectivity index (χ4v) is 3.17. The molecule has 126 valence electrons. The molecule has 1 aromatic rings. The van der Waals surface area contributed by atoms with Crippen molar-refractivity contribution in [2.24, 2.45) is 0 Å². The highest BCUT2D eigenvalue weighted by molar-refractivity contribution is 9.10. The maximum atomic E-state index is 12.3. The average molecular weight is 384 g/mol. The molecule has 1 aromatic heterocycles. The number of anilines is 1. The smallest absolute Gasteiger partial charge is 0.410 e. The Bertz CT molecular complexity index is 559. The molecule has 6 nitrogen and oxygen atoms in total. The quantitative estimate of drug-likeness (QED) is 0.697. The molecule has 3 heterocycles. The highest BCUT2D eigenvalue weighted by Gasteiger charge is 2.38. The molecule has 2 bridgehead atoms. The van der Waals surface area contributed by atoms with Crippen LogP contribution in [-0.4, -0.2) is 60.0 Å². The summed E-state index contributed by atoms with van der Waals surface area (Å²) in [5.74, 6) is 0. The van der Waals surface area contributed by atoms with E-state index < -0.39 is 5.60 Å². The van der Waals surface area contributed by atoms with Gasteiger partial charge in [-0.3, -0.25) is 0 Å². The molecule has 0 radical (unpaired) electrons. The second-order valence-electron chi connectivity index (χ2n) is 7.01. The Balaban J connectivity index is 1.64. The summed E-state index contributed by atoms with van der Waals surface area (Å²) < 4.78 is 12.3. The lowest BCUT2D eigenvalue weighted by Crippen LogP contribution is -2.61. The normalized spacial score (nSPS) is 24.5. The number of carbonyl (C=O) groups is 1. The second kappa shape index (κ2) is 6.28. The molecule has 2 fully saturated rings. The summed E-state index contributed by atoms with van der Waals surface area (Å²) in [5.41, 5.74) is 0.608. The molecular formula is C16H22BrN3O3. The van der Waals surface area contributed by atoms with E-state index in [1.165, 1.54) is 0 Å². The zero-order valence-corrected chi connectivity index (χ0v) is 15.2. The van der Waals surface area contributed by atoms with Crippen molar-refractivity contribution < 1.29 is 14.3 Å². The molecule has 0 saturated carbocycles. The van der Waals surface area contributed by atoms with Gasteiger partial charge in [0, 0.05) is 13.1 Å². The van der Waals surface area contributed by atoms with E-state index in [4.69, 9.17) is 9.47 Å². The summed E-state index contributed by atoms with van der Waals surface area (Å²) in [7, 11) is 0. The fraction of sp³-hybridized carbons (Fsp3) is 0.625. The summed E-state index contributed by atoms with van der Waals surface area (Å²) >= 11 is 3.35. The van der Waals surface area contributed by atoms with E-state index in [2.05, 4.69) is 25.8 Å². The van der Waals surface area contributed by atoms with Crippen LogP contribution in [0.1, 0.15) is 20.8 Å². The monoisotopic (exact) mass is 383 g/mol. The summed E-state index contributed by atoms with van der Waals surface area (Å²) in [6.07, 6.45) is 1.60. The zero-order valence-electron chi connectivity index (χ0n) is 13.7. The van der Waals surface area contributed by atoms with Crippen molar-refractivity contribution in [1.82, 2.24) is 9.88 Å². The van der Waals surface area contributed by atoms with Crippen LogP contribution in [0.25, 0.3) is 0 Å². The van der Waals surface area contributed by atoms with Gasteiger partial charge >= 0.3 is 6.09 Å². The van der Waals surface area contributed by atoms with Crippen LogP contribution in [0.4, 0.5) is 10.5 Å². The van der Waals surface area contributed by atoms with Gasteiger partial charge < -0.3 is 19.3 Å². The first-order chi connectivity index (χ1) is 10.8. The largest absolute Gasteiger partial charge is 0.444 e. The molecule has 0 N–H and O–H groups in total. The number of fused-ring (bicyclic) bond motifs is 2. The van der Waals surface area contributed by atoms with Gasteiger partial charge in [0.2, 0.25) is 0 Å². The average Bonchev–Trinajstić information content (AvgIpc) is 2.45. The van der Waals surface area contributed by atoms with E-state index in [9.17, 15) is 4.79 Å². The van der Waals surface area contributed by atoms with E-state index in [0.29, 0.717) is 13.1 Å². The van der Waals surface area contributed by atoms with Gasteiger partial charge in [0.1, 0.15) is 10.2 Å². The van der Waals surface area contributed by atoms with Crippen molar-refractivity contribution in [3.05, 3.63) is 22.9 Å². The number of carbonyl (C=O) groups excluding carboxylic acids is 1. The number of halogens is 1. The Morgan fingerprint density at radius 2 is 1.91 bits per heavy atom. The predicted molar refractivity (Wildman–Crippen MR) is 90.6 cm³/mol. The Morgan fingerprint density at radius 1 is 1.26 bits per heavy atom. The first-order valence-corrected chi connectivity index (χ1v) is 8.59. The van der Waals surface area contributed by atoms with Gasteiger partial charge in [-0.25, -0.2) is 9.78 Å². The van der Waals surface area contributed by atoms with Gasteiger partial charge in [-0.2, -0.15) is 0 Å². The minimum atomic E-state index is -0.473. The number of aromatic nitrogens is 1. The minimum Gasteiger partial charge on any atom is -0.444 e. The van der Waals surface area contributed by atoms with Crippen molar-refractivity contribution in [2.75, 3.05) is 31.1 Å². The third-order valence-corrected chi connectivity index (χ3v) is 4.28. The fourth-order valence-electron chi connectivity index (χ4n) is 2.93. The molecule has 2 unspecified atom stereocenters. The summed E-state index contributed by atoms with van der Waals surface area (Å²) in [6, 6.07) is 3.98. The number of nitrogens with zero attached hydrogens (tertiary/aromatic N) is 3. The lowest BCUT2D eigenvalue weighted by molar-refractivity contribution is -0.0949. The van der Waals surface area contributed by atoms with E-state index in [1.54, 1.807) is 4.90 Å². The number of rotatable bonds is 1. The van der Waals surface area contributed by atoms with E-state index in [1.807, 2.05) is 39.1 Å². The van der Waals surface area contributed by atoms with Crippen LogP contribution in [0.2, 0.25) is 0 Å². The number of hydrogen-bond acceptors (Lipinski definition) is 5. The van der Waals surface area contributed by atoms with E-state index >= 15 is 0 Å². The number of morpholine rings is 2. The molecule has 0 spiro atoms. The van der Waals surface area contributed by atoms with Crippen molar-refractivity contribution >= 4 is 27.7 Å². The van der Waals surface area contributed by atoms with Gasteiger partial charge in [-0.1, -0.05) is 0 Å². The van der Waals surface area contributed by atoms with Gasteiger partial charge in [-0.15, -0.1) is 0 Å². The second-order valence-corrected chi connectivity index (χ2v) is 7.82. The molecule has 0 aliphatic carbocycles. The van der Waals surface area contributed by atoms with Gasteiger partial charge in [-0.05, 0) is 48.8 Å². The predicted octanol–water partition coefficient (Wildman–Crippen LogP) is 2.67. The molecule has 23 heavy (non-hydrogen) atoms. The Labute approximate surface area is 144 Å². The van der Waals surface area contributed by atoms with Crippen molar-refractivity contribution in [2.45, 2.75) is 38.6 Å². The van der Waals surface area contributed by atoms with Crippen LogP contribution in [0.5, 0.6) is 0 Å². The van der Waals surface area contributed by atoms with Gasteiger partial charge in [0.05, 0.1) is 37.2 Å². The minimum absolute atomic E-state index is 0.00124. The molecular weight excluding hydrogens is 362 g/mol. The van der Waals surface area contributed by atoms with Crippen LogP contribution in [-0.2, 0) is 9.47 Å².